The zero-order chi connectivity index (χ0) is 14.8. The van der Waals surface area contributed by atoms with E-state index in [4.69, 9.17) is 10.7 Å². The van der Waals surface area contributed by atoms with Crippen molar-refractivity contribution in [3.63, 3.8) is 0 Å². The smallest absolute Gasteiger partial charge is 0.114 e. The van der Waals surface area contributed by atoms with Gasteiger partial charge in [0, 0.05) is 19.0 Å². The molecule has 0 spiro atoms. The van der Waals surface area contributed by atoms with Gasteiger partial charge in [0.15, 0.2) is 0 Å². The van der Waals surface area contributed by atoms with E-state index < -0.39 is 0 Å². The number of hydrogen-bond donors (Lipinski definition) is 1. The number of aryl methyl sites for hydroxylation is 1. The van der Waals surface area contributed by atoms with Gasteiger partial charge in [-0.25, -0.2) is 4.98 Å². The van der Waals surface area contributed by atoms with Crippen molar-refractivity contribution in [1.82, 2.24) is 9.55 Å². The van der Waals surface area contributed by atoms with Gasteiger partial charge in [-0.15, -0.1) is 0 Å². The van der Waals surface area contributed by atoms with Crippen LogP contribution in [0.3, 0.4) is 0 Å². The summed E-state index contributed by atoms with van der Waals surface area (Å²) in [5.41, 5.74) is 8.52. The van der Waals surface area contributed by atoms with Crippen LogP contribution in [0.4, 0.5) is 0 Å². The lowest BCUT2D eigenvalue weighted by atomic mass is 9.76. The van der Waals surface area contributed by atoms with Gasteiger partial charge in [-0.2, -0.15) is 0 Å². The molecule has 1 fully saturated rings. The molecule has 3 rings (SSSR count). The molecular formula is C18H27N3. The Bertz CT molecular complexity index is 594. The minimum absolute atomic E-state index is 0.407. The number of rotatable bonds is 4. The second-order valence-electron chi connectivity index (χ2n) is 6.57. The first-order valence-corrected chi connectivity index (χ1v) is 8.39. The van der Waals surface area contributed by atoms with Crippen molar-refractivity contribution in [1.29, 1.82) is 0 Å². The Morgan fingerprint density at radius 3 is 2.62 bits per heavy atom. The zero-order valence-electron chi connectivity index (χ0n) is 13.3. The number of hydrogen-bond acceptors (Lipinski definition) is 2. The average Bonchev–Trinajstić information content (AvgIpc) is 2.88. The SMILES string of the molecule is CCn1c(C(CN)C2CCC(C)CC2)nc2ccccc21. The Balaban J connectivity index is 1.96. The molecule has 0 radical (unpaired) electrons. The van der Waals surface area contributed by atoms with Crippen LogP contribution < -0.4 is 5.73 Å². The van der Waals surface area contributed by atoms with Crippen LogP contribution in [0, 0.1) is 11.8 Å². The predicted molar refractivity (Wildman–Crippen MR) is 88.3 cm³/mol. The summed E-state index contributed by atoms with van der Waals surface area (Å²) in [4.78, 5) is 4.93. The Labute approximate surface area is 127 Å². The summed E-state index contributed by atoms with van der Waals surface area (Å²) in [6, 6.07) is 8.45. The van der Waals surface area contributed by atoms with Gasteiger partial charge in [-0.05, 0) is 43.7 Å². The molecule has 114 valence electrons. The van der Waals surface area contributed by atoms with Crippen LogP contribution in [-0.4, -0.2) is 16.1 Å². The molecule has 1 aromatic heterocycles. The Hall–Kier alpha value is -1.35. The Morgan fingerprint density at radius 1 is 1.24 bits per heavy atom. The lowest BCUT2D eigenvalue weighted by Gasteiger charge is -2.32. The summed E-state index contributed by atoms with van der Waals surface area (Å²) in [7, 11) is 0. The van der Waals surface area contributed by atoms with Crippen molar-refractivity contribution < 1.29 is 0 Å². The highest BCUT2D eigenvalue weighted by molar-refractivity contribution is 5.76. The van der Waals surface area contributed by atoms with Crippen molar-refractivity contribution in [2.75, 3.05) is 6.54 Å². The van der Waals surface area contributed by atoms with E-state index in [1.54, 1.807) is 0 Å². The van der Waals surface area contributed by atoms with Crippen LogP contribution in [0.5, 0.6) is 0 Å². The van der Waals surface area contributed by atoms with Crippen LogP contribution in [0.25, 0.3) is 11.0 Å². The Morgan fingerprint density at radius 2 is 1.95 bits per heavy atom. The van der Waals surface area contributed by atoms with Crippen LogP contribution in [-0.2, 0) is 6.54 Å². The maximum absolute atomic E-state index is 6.16. The van der Waals surface area contributed by atoms with Gasteiger partial charge in [0.2, 0.25) is 0 Å². The molecule has 1 aliphatic rings. The number of para-hydroxylation sites is 2. The third-order valence-corrected chi connectivity index (χ3v) is 5.22. The lowest BCUT2D eigenvalue weighted by Crippen LogP contribution is -2.27. The quantitative estimate of drug-likeness (QED) is 0.925. The number of fused-ring (bicyclic) bond motifs is 1. The number of nitrogens with zero attached hydrogens (tertiary/aromatic N) is 2. The second kappa shape index (κ2) is 6.18. The van der Waals surface area contributed by atoms with E-state index in [1.165, 1.54) is 37.0 Å². The molecule has 0 aliphatic heterocycles. The molecule has 0 amide bonds. The Kier molecular flexibility index (Phi) is 4.29. The topological polar surface area (TPSA) is 43.8 Å². The summed E-state index contributed by atoms with van der Waals surface area (Å²) in [5.74, 6) is 3.20. The maximum Gasteiger partial charge on any atom is 0.114 e. The largest absolute Gasteiger partial charge is 0.330 e. The lowest BCUT2D eigenvalue weighted by molar-refractivity contribution is 0.249. The van der Waals surface area contributed by atoms with Gasteiger partial charge in [-0.3, -0.25) is 0 Å². The summed E-state index contributed by atoms with van der Waals surface area (Å²) in [6.07, 6.45) is 5.28. The molecule has 3 heteroatoms. The minimum Gasteiger partial charge on any atom is -0.330 e. The van der Waals surface area contributed by atoms with Crippen LogP contribution >= 0.6 is 0 Å². The van der Waals surface area contributed by atoms with Gasteiger partial charge in [0.05, 0.1) is 11.0 Å². The first kappa shape index (κ1) is 14.6. The molecule has 1 atom stereocenters. The van der Waals surface area contributed by atoms with Crippen molar-refractivity contribution in [2.24, 2.45) is 17.6 Å². The molecule has 1 heterocycles. The van der Waals surface area contributed by atoms with Crippen LogP contribution in [0.15, 0.2) is 24.3 Å². The molecule has 0 bridgehead atoms. The molecule has 2 N–H and O–H groups in total. The fraction of sp³-hybridized carbons (Fsp3) is 0.611. The van der Waals surface area contributed by atoms with E-state index in [9.17, 15) is 0 Å². The molecule has 2 aromatic rings. The fourth-order valence-corrected chi connectivity index (χ4v) is 3.91. The molecule has 21 heavy (non-hydrogen) atoms. The summed E-state index contributed by atoms with van der Waals surface area (Å²) in [6.45, 7) is 6.25. The van der Waals surface area contributed by atoms with Crippen molar-refractivity contribution in [2.45, 2.75) is 52.0 Å². The zero-order valence-corrected chi connectivity index (χ0v) is 13.3. The van der Waals surface area contributed by atoms with E-state index in [1.807, 2.05) is 0 Å². The van der Waals surface area contributed by atoms with Crippen molar-refractivity contribution in [3.8, 4) is 0 Å². The van der Waals surface area contributed by atoms with Gasteiger partial charge in [0.1, 0.15) is 5.82 Å². The fourth-order valence-electron chi connectivity index (χ4n) is 3.91. The third kappa shape index (κ3) is 2.71. The highest BCUT2D eigenvalue weighted by Gasteiger charge is 2.29. The van der Waals surface area contributed by atoms with E-state index in [-0.39, 0.29) is 0 Å². The first-order valence-electron chi connectivity index (χ1n) is 8.39. The van der Waals surface area contributed by atoms with Crippen molar-refractivity contribution in [3.05, 3.63) is 30.1 Å². The average molecular weight is 285 g/mol. The van der Waals surface area contributed by atoms with Crippen molar-refractivity contribution >= 4 is 11.0 Å². The monoisotopic (exact) mass is 285 g/mol. The van der Waals surface area contributed by atoms with Gasteiger partial charge >= 0.3 is 0 Å². The summed E-state index contributed by atoms with van der Waals surface area (Å²) < 4.78 is 2.37. The molecule has 0 saturated heterocycles. The first-order chi connectivity index (χ1) is 10.2. The van der Waals surface area contributed by atoms with Gasteiger partial charge < -0.3 is 10.3 Å². The summed E-state index contributed by atoms with van der Waals surface area (Å²) >= 11 is 0. The third-order valence-electron chi connectivity index (χ3n) is 5.22. The van der Waals surface area contributed by atoms with Crippen LogP contribution in [0.2, 0.25) is 0 Å². The maximum atomic E-state index is 6.16. The molecule has 1 saturated carbocycles. The van der Waals surface area contributed by atoms with E-state index in [2.05, 4.69) is 42.7 Å². The van der Waals surface area contributed by atoms with E-state index in [0.29, 0.717) is 18.4 Å². The molecule has 3 nitrogen and oxygen atoms in total. The molecule has 1 aromatic carbocycles. The number of imidazole rings is 1. The minimum atomic E-state index is 0.407. The highest BCUT2D eigenvalue weighted by atomic mass is 15.1. The summed E-state index contributed by atoms with van der Waals surface area (Å²) in [5, 5.41) is 0. The second-order valence-corrected chi connectivity index (χ2v) is 6.57. The standard InChI is InChI=1S/C18H27N3/c1-3-21-17-7-5-4-6-16(17)20-18(21)15(12-19)14-10-8-13(2)9-11-14/h4-7,13-15H,3,8-12,19H2,1-2H3. The van der Waals surface area contributed by atoms with Gasteiger partial charge in [0.25, 0.3) is 0 Å². The van der Waals surface area contributed by atoms with E-state index >= 15 is 0 Å². The van der Waals surface area contributed by atoms with Gasteiger partial charge in [-0.1, -0.05) is 31.9 Å². The molecular weight excluding hydrogens is 258 g/mol. The normalized spacial score (nSPS) is 24.3. The van der Waals surface area contributed by atoms with Crippen LogP contribution in [0.1, 0.15) is 51.3 Å². The number of benzene rings is 1. The number of aromatic nitrogens is 2. The molecule has 1 unspecified atom stereocenters. The predicted octanol–water partition coefficient (Wildman–Crippen LogP) is 3.92. The van der Waals surface area contributed by atoms with E-state index in [0.717, 1.165) is 18.0 Å². The highest BCUT2D eigenvalue weighted by Crippen LogP contribution is 2.38. The number of nitrogens with two attached hydrogens (primary N) is 1. The molecule has 1 aliphatic carbocycles.